The number of halogens is 2. The van der Waals surface area contributed by atoms with Crippen LogP contribution in [0.1, 0.15) is 6.42 Å². The van der Waals surface area contributed by atoms with E-state index in [1.807, 2.05) is 0 Å². The van der Waals surface area contributed by atoms with Gasteiger partial charge in [0.25, 0.3) is 0 Å². The second-order valence-electron chi connectivity index (χ2n) is 7.52. The zero-order valence-corrected chi connectivity index (χ0v) is 17.5. The number of nitrogens with zero attached hydrogens (tertiary/aromatic N) is 3. The molecule has 0 saturated carbocycles. The van der Waals surface area contributed by atoms with Crippen LogP contribution in [0.25, 0.3) is 0 Å². The van der Waals surface area contributed by atoms with Crippen molar-refractivity contribution in [2.45, 2.75) is 18.6 Å². The molecule has 2 aliphatic rings. The maximum absolute atomic E-state index is 14.8. The highest BCUT2D eigenvalue weighted by Crippen LogP contribution is 2.32. The van der Waals surface area contributed by atoms with Crippen LogP contribution < -0.4 is 20.4 Å². The largest absolute Gasteiger partial charge is 0.453 e. The van der Waals surface area contributed by atoms with E-state index in [0.29, 0.717) is 13.0 Å². The molecule has 0 bridgehead atoms. The van der Waals surface area contributed by atoms with E-state index in [9.17, 15) is 23.2 Å². The van der Waals surface area contributed by atoms with Crippen molar-refractivity contribution in [3.63, 3.8) is 0 Å². The summed E-state index contributed by atoms with van der Waals surface area (Å²) in [6.07, 6.45) is -1.58. The maximum Gasteiger partial charge on any atom is 0.414 e. The first-order valence-electron chi connectivity index (χ1n) is 9.71. The van der Waals surface area contributed by atoms with Crippen LogP contribution in [0.2, 0.25) is 0 Å². The average Bonchev–Trinajstić information content (AvgIpc) is 3.31. The quantitative estimate of drug-likeness (QED) is 0.718. The first-order valence-corrected chi connectivity index (χ1v) is 9.71. The fourth-order valence-electron chi connectivity index (χ4n) is 3.50. The van der Waals surface area contributed by atoms with Crippen LogP contribution in [0, 0.1) is 11.6 Å². The third kappa shape index (κ3) is 5.06. The minimum atomic E-state index is -0.821. The van der Waals surface area contributed by atoms with Gasteiger partial charge < -0.3 is 29.9 Å². The lowest BCUT2D eigenvalue weighted by Crippen LogP contribution is -2.42. The number of amides is 4. The number of benzene rings is 1. The Hall–Kier alpha value is -3.31. The van der Waals surface area contributed by atoms with Gasteiger partial charge in [0.15, 0.2) is 11.6 Å². The molecule has 0 radical (unpaired) electrons. The van der Waals surface area contributed by atoms with Crippen LogP contribution in [-0.4, -0.2) is 82.6 Å². The van der Waals surface area contributed by atoms with Crippen LogP contribution in [0.3, 0.4) is 0 Å². The molecule has 3 rings (SSSR count). The number of anilines is 2. The molecule has 2 atom stereocenters. The number of carbonyl (C=O) groups is 3. The molecule has 12 heteroatoms. The number of ether oxygens (including phenoxy) is 2. The van der Waals surface area contributed by atoms with Gasteiger partial charge in [0.1, 0.15) is 11.8 Å². The molecule has 2 saturated heterocycles. The number of methoxy groups -OCH3 is 1. The zero-order valence-electron chi connectivity index (χ0n) is 17.5. The predicted molar refractivity (Wildman–Crippen MR) is 107 cm³/mol. The number of urea groups is 1. The normalized spacial score (nSPS) is 20.5. The van der Waals surface area contributed by atoms with E-state index in [1.54, 1.807) is 14.1 Å². The summed E-state index contributed by atoms with van der Waals surface area (Å²) in [5, 5.41) is 5.21. The van der Waals surface area contributed by atoms with Crippen molar-refractivity contribution in [2.24, 2.45) is 0 Å². The molecule has 0 aromatic heterocycles. The van der Waals surface area contributed by atoms with E-state index in [1.165, 1.54) is 16.9 Å². The number of alkyl carbamates (subject to hydrolysis) is 1. The van der Waals surface area contributed by atoms with Gasteiger partial charge in [0.05, 0.1) is 25.9 Å². The summed E-state index contributed by atoms with van der Waals surface area (Å²) < 4.78 is 39.2. The highest BCUT2D eigenvalue weighted by atomic mass is 19.1. The summed E-state index contributed by atoms with van der Waals surface area (Å²) in [5.74, 6) is -1.64. The molecule has 4 amide bonds. The summed E-state index contributed by atoms with van der Waals surface area (Å²) >= 11 is 0. The summed E-state index contributed by atoms with van der Waals surface area (Å²) in [6, 6.07) is 1.64. The zero-order chi connectivity index (χ0) is 22.7. The Bertz CT molecular complexity index is 845. The molecule has 1 unspecified atom stereocenters. The van der Waals surface area contributed by atoms with Gasteiger partial charge in [-0.3, -0.25) is 4.90 Å². The first-order chi connectivity index (χ1) is 14.7. The lowest BCUT2D eigenvalue weighted by molar-refractivity contribution is 0.132. The number of rotatable bonds is 5. The van der Waals surface area contributed by atoms with Gasteiger partial charge in [0.2, 0.25) is 0 Å². The van der Waals surface area contributed by atoms with Crippen molar-refractivity contribution in [3.05, 3.63) is 23.8 Å². The van der Waals surface area contributed by atoms with Crippen molar-refractivity contribution in [1.82, 2.24) is 15.5 Å². The Morgan fingerprint density at radius 2 is 1.94 bits per heavy atom. The molecule has 31 heavy (non-hydrogen) atoms. The molecule has 2 N–H and O–H groups in total. The van der Waals surface area contributed by atoms with E-state index >= 15 is 0 Å². The summed E-state index contributed by atoms with van der Waals surface area (Å²) in [5.41, 5.74) is -0.192. The van der Waals surface area contributed by atoms with Gasteiger partial charge in [-0.05, 0) is 6.42 Å². The first kappa shape index (κ1) is 22.4. The molecule has 170 valence electrons. The van der Waals surface area contributed by atoms with Gasteiger partial charge >= 0.3 is 18.2 Å². The average molecular weight is 441 g/mol. The topological polar surface area (TPSA) is 103 Å². The summed E-state index contributed by atoms with van der Waals surface area (Å²) in [7, 11) is 4.42. The van der Waals surface area contributed by atoms with Crippen LogP contribution in [0.15, 0.2) is 12.1 Å². The van der Waals surface area contributed by atoms with E-state index in [-0.39, 0.29) is 43.1 Å². The minimum absolute atomic E-state index is 0.00575. The third-order valence-electron chi connectivity index (χ3n) is 5.09. The summed E-state index contributed by atoms with van der Waals surface area (Å²) in [4.78, 5) is 39.1. The van der Waals surface area contributed by atoms with Gasteiger partial charge in [0, 0.05) is 45.4 Å². The van der Waals surface area contributed by atoms with Gasteiger partial charge in [-0.1, -0.05) is 0 Å². The molecular formula is C19H25F2N5O5. The smallest absolute Gasteiger partial charge is 0.414 e. The number of hydrogen-bond donors (Lipinski definition) is 2. The van der Waals surface area contributed by atoms with E-state index in [4.69, 9.17) is 4.74 Å². The van der Waals surface area contributed by atoms with Crippen molar-refractivity contribution in [3.8, 4) is 0 Å². The third-order valence-corrected chi connectivity index (χ3v) is 5.09. The predicted octanol–water partition coefficient (Wildman–Crippen LogP) is 1.50. The monoisotopic (exact) mass is 441 g/mol. The van der Waals surface area contributed by atoms with Crippen molar-refractivity contribution in [2.75, 3.05) is 57.2 Å². The molecule has 0 spiro atoms. The lowest BCUT2D eigenvalue weighted by atomic mass is 10.2. The van der Waals surface area contributed by atoms with Gasteiger partial charge in [-0.25, -0.2) is 23.2 Å². The van der Waals surface area contributed by atoms with Crippen LogP contribution in [0.4, 0.5) is 34.5 Å². The molecule has 2 heterocycles. The SMILES string of the molecule is COC(=O)NC[C@H]1CN(c2cc(F)c(N3CCC(NC(=O)N(C)C)C3)c(F)c2)C(=O)O1. The molecule has 1 aromatic carbocycles. The van der Waals surface area contributed by atoms with E-state index < -0.39 is 29.9 Å². The van der Waals surface area contributed by atoms with Crippen molar-refractivity contribution >= 4 is 29.6 Å². The van der Waals surface area contributed by atoms with Crippen molar-refractivity contribution < 1.29 is 32.6 Å². The Morgan fingerprint density at radius 1 is 1.26 bits per heavy atom. The number of carbonyl (C=O) groups excluding carboxylic acids is 3. The maximum atomic E-state index is 14.8. The van der Waals surface area contributed by atoms with Crippen LogP contribution in [0.5, 0.6) is 0 Å². The highest BCUT2D eigenvalue weighted by Gasteiger charge is 2.35. The highest BCUT2D eigenvalue weighted by molar-refractivity contribution is 5.90. The Kier molecular flexibility index (Phi) is 6.66. The van der Waals surface area contributed by atoms with Gasteiger partial charge in [-0.15, -0.1) is 0 Å². The Morgan fingerprint density at radius 3 is 2.55 bits per heavy atom. The molecule has 2 fully saturated rings. The van der Waals surface area contributed by atoms with Crippen LogP contribution >= 0.6 is 0 Å². The number of nitrogens with one attached hydrogen (secondary N) is 2. The second kappa shape index (κ2) is 9.23. The van der Waals surface area contributed by atoms with E-state index in [2.05, 4.69) is 15.4 Å². The fraction of sp³-hybridized carbons (Fsp3) is 0.526. The molecule has 1 aromatic rings. The summed E-state index contributed by atoms with van der Waals surface area (Å²) in [6.45, 7) is 0.660. The standard InChI is InChI=1S/C19H25F2N5O5/c1-24(2)17(27)23-11-4-5-25(9-11)16-14(20)6-12(7-15(16)21)26-10-13(31-19(26)29)8-22-18(28)30-3/h6-7,11,13H,4-5,8-10H2,1-3H3,(H,22,28)(H,23,27)/t11?,13-/m0/s1. The minimum Gasteiger partial charge on any atom is -0.453 e. The van der Waals surface area contributed by atoms with Crippen LogP contribution in [-0.2, 0) is 9.47 Å². The molecule has 2 aliphatic heterocycles. The second-order valence-corrected chi connectivity index (χ2v) is 7.52. The Balaban J connectivity index is 1.68. The number of hydrogen-bond acceptors (Lipinski definition) is 6. The van der Waals surface area contributed by atoms with Crippen molar-refractivity contribution in [1.29, 1.82) is 0 Å². The molecule has 0 aliphatic carbocycles. The van der Waals surface area contributed by atoms with Gasteiger partial charge in [-0.2, -0.15) is 0 Å². The van der Waals surface area contributed by atoms with E-state index in [0.717, 1.165) is 17.0 Å². The molecule has 10 nitrogen and oxygen atoms in total. The molecular weight excluding hydrogens is 416 g/mol. The lowest BCUT2D eigenvalue weighted by Gasteiger charge is -2.22. The fourth-order valence-corrected chi connectivity index (χ4v) is 3.50. The number of cyclic esters (lactones) is 1. The Labute approximate surface area is 178 Å².